The van der Waals surface area contributed by atoms with E-state index in [-0.39, 0.29) is 6.54 Å². The van der Waals surface area contributed by atoms with Crippen molar-refractivity contribution in [2.75, 3.05) is 13.1 Å². The van der Waals surface area contributed by atoms with Gasteiger partial charge in [0.1, 0.15) is 0 Å². The van der Waals surface area contributed by atoms with E-state index in [1.807, 2.05) is 6.92 Å². The molecule has 2 atom stereocenters. The maximum Gasteiger partial charge on any atom is 0.416 e. The van der Waals surface area contributed by atoms with Crippen LogP contribution in [0.1, 0.15) is 43.9 Å². The van der Waals surface area contributed by atoms with Crippen LogP contribution in [0.4, 0.5) is 13.2 Å². The van der Waals surface area contributed by atoms with Crippen LogP contribution in [0.25, 0.3) is 0 Å². The summed E-state index contributed by atoms with van der Waals surface area (Å²) in [5, 5.41) is 22.8. The number of nitrogens with one attached hydrogen (secondary N) is 1. The molecule has 21 heavy (non-hydrogen) atoms. The van der Waals surface area contributed by atoms with E-state index >= 15 is 0 Å². The van der Waals surface area contributed by atoms with Gasteiger partial charge in [-0.05, 0) is 31.0 Å². The smallest absolute Gasteiger partial charge is 0.389 e. The molecule has 6 heteroatoms. The Morgan fingerprint density at radius 1 is 1.19 bits per heavy atom. The van der Waals surface area contributed by atoms with E-state index in [1.54, 1.807) is 6.92 Å². The molecule has 3 nitrogen and oxygen atoms in total. The summed E-state index contributed by atoms with van der Waals surface area (Å²) >= 11 is 0. The zero-order chi connectivity index (χ0) is 16.1. The Kier molecular flexibility index (Phi) is 6.19. The number of halogens is 3. The van der Waals surface area contributed by atoms with E-state index in [9.17, 15) is 23.4 Å². The first-order valence-electron chi connectivity index (χ1n) is 6.94. The minimum atomic E-state index is -4.37. The lowest BCUT2D eigenvalue weighted by atomic mass is 10.0. The molecule has 0 amide bonds. The second-order valence-electron chi connectivity index (χ2n) is 5.51. The third-order valence-electron chi connectivity index (χ3n) is 3.25. The molecule has 0 aliphatic heterocycles. The predicted octanol–water partition coefficient (Wildman–Crippen LogP) is 2.88. The highest BCUT2D eigenvalue weighted by Crippen LogP contribution is 2.29. The molecular formula is C15H22F3NO2. The Hall–Kier alpha value is -1.11. The topological polar surface area (TPSA) is 52.5 Å². The van der Waals surface area contributed by atoms with Crippen molar-refractivity contribution in [2.45, 2.75) is 44.6 Å². The van der Waals surface area contributed by atoms with Gasteiger partial charge in [0.2, 0.25) is 0 Å². The van der Waals surface area contributed by atoms with E-state index in [1.165, 1.54) is 12.1 Å². The first-order chi connectivity index (χ1) is 9.65. The van der Waals surface area contributed by atoms with Crippen molar-refractivity contribution in [1.29, 1.82) is 0 Å². The van der Waals surface area contributed by atoms with Crippen molar-refractivity contribution in [1.82, 2.24) is 5.32 Å². The summed E-state index contributed by atoms with van der Waals surface area (Å²) in [4.78, 5) is 0. The molecule has 0 aliphatic rings. The average molecular weight is 305 g/mol. The molecule has 0 saturated carbocycles. The minimum Gasteiger partial charge on any atom is -0.389 e. The van der Waals surface area contributed by atoms with Gasteiger partial charge in [-0.25, -0.2) is 0 Å². The molecule has 0 aromatic heterocycles. The number of benzene rings is 1. The van der Waals surface area contributed by atoms with Crippen molar-refractivity contribution in [3.05, 3.63) is 35.4 Å². The molecular weight excluding hydrogens is 283 g/mol. The van der Waals surface area contributed by atoms with Crippen LogP contribution in [0.2, 0.25) is 0 Å². The monoisotopic (exact) mass is 305 g/mol. The van der Waals surface area contributed by atoms with Gasteiger partial charge in [0.25, 0.3) is 0 Å². The van der Waals surface area contributed by atoms with Crippen LogP contribution >= 0.6 is 0 Å². The Labute approximate surface area is 122 Å². The summed E-state index contributed by atoms with van der Waals surface area (Å²) in [5.41, 5.74) is -1.18. The number of hydrogen-bond acceptors (Lipinski definition) is 3. The fourth-order valence-corrected chi connectivity index (χ4v) is 2.12. The molecule has 0 saturated heterocycles. The number of hydrogen-bond donors (Lipinski definition) is 3. The fraction of sp³-hybridized carbons (Fsp3) is 0.600. The standard InChI is InChI=1S/C15H22F3NO2/c1-3-8-14(2,21)10-19-9-13(20)11-4-6-12(7-5-11)15(16,17)18/h4-7,13,19-21H,3,8-10H2,1-2H3. The zero-order valence-corrected chi connectivity index (χ0v) is 12.2. The maximum atomic E-state index is 12.4. The molecule has 0 heterocycles. The van der Waals surface area contributed by atoms with E-state index < -0.39 is 23.4 Å². The Morgan fingerprint density at radius 3 is 2.24 bits per heavy atom. The number of alkyl halides is 3. The Bertz CT molecular complexity index is 430. The van der Waals surface area contributed by atoms with Gasteiger partial charge in [0, 0.05) is 13.1 Å². The van der Waals surface area contributed by atoms with Gasteiger partial charge in [-0.2, -0.15) is 13.2 Å². The number of aliphatic hydroxyl groups excluding tert-OH is 1. The molecule has 120 valence electrons. The summed E-state index contributed by atoms with van der Waals surface area (Å²) < 4.78 is 37.3. The SMILES string of the molecule is CCCC(C)(O)CNCC(O)c1ccc(C(F)(F)F)cc1. The lowest BCUT2D eigenvalue weighted by Gasteiger charge is -2.24. The second kappa shape index (κ2) is 7.24. The van der Waals surface area contributed by atoms with E-state index in [0.29, 0.717) is 18.5 Å². The van der Waals surface area contributed by atoms with Crippen LogP contribution in [-0.4, -0.2) is 28.9 Å². The summed E-state index contributed by atoms with van der Waals surface area (Å²) in [6.07, 6.45) is -3.81. The summed E-state index contributed by atoms with van der Waals surface area (Å²) in [5.74, 6) is 0. The molecule has 1 aromatic rings. The minimum absolute atomic E-state index is 0.172. The largest absolute Gasteiger partial charge is 0.416 e. The van der Waals surface area contributed by atoms with Crippen molar-refractivity contribution < 1.29 is 23.4 Å². The summed E-state index contributed by atoms with van der Waals surface area (Å²) in [6.45, 7) is 4.16. The van der Waals surface area contributed by atoms with Crippen molar-refractivity contribution in [3.8, 4) is 0 Å². The van der Waals surface area contributed by atoms with Crippen LogP contribution in [0, 0.1) is 0 Å². The predicted molar refractivity (Wildman–Crippen MR) is 74.8 cm³/mol. The van der Waals surface area contributed by atoms with Gasteiger partial charge in [-0.15, -0.1) is 0 Å². The molecule has 1 aromatic carbocycles. The van der Waals surface area contributed by atoms with Crippen LogP contribution < -0.4 is 5.32 Å². The average Bonchev–Trinajstić information content (AvgIpc) is 2.37. The third-order valence-corrected chi connectivity index (χ3v) is 3.25. The lowest BCUT2D eigenvalue weighted by Crippen LogP contribution is -2.39. The zero-order valence-electron chi connectivity index (χ0n) is 12.2. The molecule has 1 rings (SSSR count). The first kappa shape index (κ1) is 17.9. The Morgan fingerprint density at radius 2 is 1.76 bits per heavy atom. The van der Waals surface area contributed by atoms with E-state index in [2.05, 4.69) is 5.32 Å². The molecule has 0 spiro atoms. The van der Waals surface area contributed by atoms with Gasteiger partial charge in [0.15, 0.2) is 0 Å². The third kappa shape index (κ3) is 6.03. The molecule has 0 fully saturated rings. The maximum absolute atomic E-state index is 12.4. The number of rotatable bonds is 7. The van der Waals surface area contributed by atoms with Gasteiger partial charge in [-0.3, -0.25) is 0 Å². The normalized spacial score (nSPS) is 16.5. The highest BCUT2D eigenvalue weighted by molar-refractivity contribution is 5.26. The van der Waals surface area contributed by atoms with Crippen LogP contribution in [0.15, 0.2) is 24.3 Å². The quantitative estimate of drug-likeness (QED) is 0.726. The molecule has 2 unspecified atom stereocenters. The highest BCUT2D eigenvalue weighted by Gasteiger charge is 2.30. The van der Waals surface area contributed by atoms with E-state index in [0.717, 1.165) is 18.6 Å². The van der Waals surface area contributed by atoms with Gasteiger partial charge >= 0.3 is 6.18 Å². The molecule has 0 bridgehead atoms. The summed E-state index contributed by atoms with van der Waals surface area (Å²) in [7, 11) is 0. The van der Waals surface area contributed by atoms with Gasteiger partial charge in [0.05, 0.1) is 17.3 Å². The summed E-state index contributed by atoms with van der Waals surface area (Å²) in [6, 6.07) is 4.43. The van der Waals surface area contributed by atoms with E-state index in [4.69, 9.17) is 0 Å². The number of aliphatic hydroxyl groups is 2. The van der Waals surface area contributed by atoms with Crippen molar-refractivity contribution >= 4 is 0 Å². The van der Waals surface area contributed by atoms with Crippen LogP contribution in [0.5, 0.6) is 0 Å². The lowest BCUT2D eigenvalue weighted by molar-refractivity contribution is -0.137. The van der Waals surface area contributed by atoms with Crippen molar-refractivity contribution in [3.63, 3.8) is 0 Å². The first-order valence-corrected chi connectivity index (χ1v) is 6.94. The second-order valence-corrected chi connectivity index (χ2v) is 5.51. The van der Waals surface area contributed by atoms with Gasteiger partial charge < -0.3 is 15.5 Å². The van der Waals surface area contributed by atoms with Crippen LogP contribution in [-0.2, 0) is 6.18 Å². The molecule has 0 radical (unpaired) electrons. The van der Waals surface area contributed by atoms with Crippen molar-refractivity contribution in [2.24, 2.45) is 0 Å². The molecule has 0 aliphatic carbocycles. The van der Waals surface area contributed by atoms with Crippen LogP contribution in [0.3, 0.4) is 0 Å². The highest BCUT2D eigenvalue weighted by atomic mass is 19.4. The van der Waals surface area contributed by atoms with Gasteiger partial charge in [-0.1, -0.05) is 25.5 Å². The fourth-order valence-electron chi connectivity index (χ4n) is 2.12. The Balaban J connectivity index is 2.51. The molecule has 3 N–H and O–H groups in total.